The number of amides is 1. The van der Waals surface area contributed by atoms with Gasteiger partial charge in [-0.25, -0.2) is 5.43 Å². The topological polar surface area (TPSA) is 53.5 Å². The molecule has 21 heavy (non-hydrogen) atoms. The van der Waals surface area contributed by atoms with E-state index in [2.05, 4.69) is 15.8 Å². The first kappa shape index (κ1) is 14.5. The van der Waals surface area contributed by atoms with Crippen molar-refractivity contribution in [1.82, 2.24) is 5.43 Å². The van der Waals surface area contributed by atoms with Crippen LogP contribution >= 0.6 is 0 Å². The maximum Gasteiger partial charge on any atom is 0.259 e. The Bertz CT molecular complexity index is 606. The Morgan fingerprint density at radius 3 is 2.38 bits per heavy atom. The van der Waals surface area contributed by atoms with Gasteiger partial charge in [-0.2, -0.15) is 5.10 Å². The van der Waals surface area contributed by atoms with Crippen LogP contribution in [-0.4, -0.2) is 18.7 Å². The molecule has 2 rings (SSSR count). The van der Waals surface area contributed by atoms with Crippen LogP contribution in [0.1, 0.15) is 5.56 Å². The number of para-hydroxylation sites is 1. The monoisotopic (exact) mass is 279 g/mol. The minimum Gasteiger partial charge on any atom is -0.376 e. The van der Waals surface area contributed by atoms with Gasteiger partial charge in [-0.05, 0) is 23.8 Å². The van der Waals surface area contributed by atoms with Crippen LogP contribution in [0.4, 0.5) is 5.69 Å². The number of hydrogen-bond acceptors (Lipinski definition) is 3. The highest BCUT2D eigenvalue weighted by Gasteiger charge is 1.97. The first-order valence-corrected chi connectivity index (χ1v) is 6.67. The summed E-state index contributed by atoms with van der Waals surface area (Å²) in [5, 5.41) is 6.85. The number of allylic oxidation sites excluding steroid dienone is 1. The summed E-state index contributed by atoms with van der Waals surface area (Å²) in [5.74, 6) is -0.191. The summed E-state index contributed by atoms with van der Waals surface area (Å²) in [6.07, 6.45) is 5.24. The molecular weight excluding hydrogens is 262 g/mol. The summed E-state index contributed by atoms with van der Waals surface area (Å²) < 4.78 is 0. The van der Waals surface area contributed by atoms with E-state index < -0.39 is 0 Å². The predicted molar refractivity (Wildman–Crippen MR) is 87.0 cm³/mol. The maximum absolute atomic E-state index is 11.5. The third-order valence-electron chi connectivity index (χ3n) is 2.66. The van der Waals surface area contributed by atoms with Gasteiger partial charge in [0.25, 0.3) is 5.91 Å². The standard InChI is InChI=1S/C17H17N3O/c21-17(14-18-16-11-5-2-6-12-16)20-19-13-7-10-15-8-3-1-4-9-15/h1-13,18H,14H2,(H,20,21)/b10-7+,19-13-. The number of hydrazone groups is 1. The molecule has 0 radical (unpaired) electrons. The first-order valence-electron chi connectivity index (χ1n) is 6.67. The molecule has 106 valence electrons. The summed E-state index contributed by atoms with van der Waals surface area (Å²) in [4.78, 5) is 11.5. The molecule has 4 nitrogen and oxygen atoms in total. The lowest BCUT2D eigenvalue weighted by atomic mass is 10.2. The molecule has 0 aliphatic rings. The summed E-state index contributed by atoms with van der Waals surface area (Å²) in [6.45, 7) is 0.184. The quantitative estimate of drug-likeness (QED) is 0.631. The van der Waals surface area contributed by atoms with Gasteiger partial charge < -0.3 is 5.32 Å². The number of nitrogens with one attached hydrogen (secondary N) is 2. The second kappa shape index (κ2) is 8.32. The average molecular weight is 279 g/mol. The van der Waals surface area contributed by atoms with Crippen LogP contribution in [0, 0.1) is 0 Å². The van der Waals surface area contributed by atoms with E-state index >= 15 is 0 Å². The molecule has 1 amide bonds. The van der Waals surface area contributed by atoms with Gasteiger partial charge in [0, 0.05) is 11.9 Å². The van der Waals surface area contributed by atoms with E-state index in [1.807, 2.05) is 66.7 Å². The zero-order chi connectivity index (χ0) is 14.8. The van der Waals surface area contributed by atoms with Crippen LogP contribution < -0.4 is 10.7 Å². The Hall–Kier alpha value is -2.88. The van der Waals surface area contributed by atoms with Crippen LogP contribution in [0.15, 0.2) is 71.8 Å². The molecule has 0 aliphatic carbocycles. The number of benzene rings is 2. The molecule has 0 bridgehead atoms. The van der Waals surface area contributed by atoms with Gasteiger partial charge in [-0.3, -0.25) is 4.79 Å². The number of rotatable bonds is 6. The fourth-order valence-electron chi connectivity index (χ4n) is 1.65. The van der Waals surface area contributed by atoms with Crippen molar-refractivity contribution in [2.24, 2.45) is 5.10 Å². The van der Waals surface area contributed by atoms with Gasteiger partial charge in [0.1, 0.15) is 0 Å². The zero-order valence-corrected chi connectivity index (χ0v) is 11.6. The van der Waals surface area contributed by atoms with Crippen LogP contribution in [0.3, 0.4) is 0 Å². The Morgan fingerprint density at radius 1 is 1.00 bits per heavy atom. The largest absolute Gasteiger partial charge is 0.376 e. The predicted octanol–water partition coefficient (Wildman–Crippen LogP) is 2.91. The minimum atomic E-state index is -0.191. The second-order valence-corrected chi connectivity index (χ2v) is 4.30. The van der Waals surface area contributed by atoms with Crippen molar-refractivity contribution in [2.75, 3.05) is 11.9 Å². The lowest BCUT2D eigenvalue weighted by Gasteiger charge is -2.03. The zero-order valence-electron chi connectivity index (χ0n) is 11.6. The fraction of sp³-hybridized carbons (Fsp3) is 0.0588. The summed E-state index contributed by atoms with van der Waals surface area (Å²) >= 11 is 0. The molecule has 4 heteroatoms. The Balaban J connectivity index is 1.69. The molecule has 0 saturated heterocycles. The molecule has 0 spiro atoms. The average Bonchev–Trinajstić information content (AvgIpc) is 2.54. The molecule has 2 N–H and O–H groups in total. The van der Waals surface area contributed by atoms with E-state index in [0.29, 0.717) is 0 Å². The lowest BCUT2D eigenvalue weighted by Crippen LogP contribution is -2.25. The van der Waals surface area contributed by atoms with Gasteiger partial charge >= 0.3 is 0 Å². The molecule has 0 heterocycles. The van der Waals surface area contributed by atoms with Gasteiger partial charge in [0.05, 0.1) is 6.54 Å². The highest BCUT2D eigenvalue weighted by Crippen LogP contribution is 2.03. The number of nitrogens with zero attached hydrogens (tertiary/aromatic N) is 1. The maximum atomic E-state index is 11.5. The molecule has 0 atom stereocenters. The van der Waals surface area contributed by atoms with Crippen molar-refractivity contribution in [3.63, 3.8) is 0 Å². The summed E-state index contributed by atoms with van der Waals surface area (Å²) in [5.41, 5.74) is 4.44. The number of anilines is 1. The molecule has 0 saturated carbocycles. The summed E-state index contributed by atoms with van der Waals surface area (Å²) in [7, 11) is 0. The third kappa shape index (κ3) is 5.74. The van der Waals surface area contributed by atoms with Gasteiger partial charge in [-0.15, -0.1) is 0 Å². The van der Waals surface area contributed by atoms with Crippen LogP contribution in [0.2, 0.25) is 0 Å². The van der Waals surface area contributed by atoms with E-state index in [0.717, 1.165) is 11.3 Å². The molecule has 0 unspecified atom stereocenters. The Morgan fingerprint density at radius 2 is 1.67 bits per heavy atom. The van der Waals surface area contributed by atoms with Crippen molar-refractivity contribution in [3.05, 3.63) is 72.3 Å². The molecule has 2 aromatic rings. The SMILES string of the molecule is O=C(CNc1ccccc1)N/N=C\C=C\c1ccccc1. The highest BCUT2D eigenvalue weighted by atomic mass is 16.2. The molecule has 0 aliphatic heterocycles. The van der Waals surface area contributed by atoms with Crippen LogP contribution in [0.25, 0.3) is 6.08 Å². The van der Waals surface area contributed by atoms with Crippen molar-refractivity contribution in [3.8, 4) is 0 Å². The fourth-order valence-corrected chi connectivity index (χ4v) is 1.65. The summed E-state index contributed by atoms with van der Waals surface area (Å²) in [6, 6.07) is 19.4. The third-order valence-corrected chi connectivity index (χ3v) is 2.66. The van der Waals surface area contributed by atoms with Gasteiger partial charge in [0.15, 0.2) is 0 Å². The van der Waals surface area contributed by atoms with Crippen LogP contribution in [0.5, 0.6) is 0 Å². The smallest absolute Gasteiger partial charge is 0.259 e. The molecule has 0 aromatic heterocycles. The lowest BCUT2D eigenvalue weighted by molar-refractivity contribution is -0.119. The van der Waals surface area contributed by atoms with E-state index in [9.17, 15) is 4.79 Å². The Labute approximate surface area is 124 Å². The van der Waals surface area contributed by atoms with E-state index in [1.165, 1.54) is 0 Å². The second-order valence-electron chi connectivity index (χ2n) is 4.30. The first-order chi connectivity index (χ1) is 10.3. The normalized spacial score (nSPS) is 10.9. The van der Waals surface area contributed by atoms with E-state index in [4.69, 9.17) is 0 Å². The van der Waals surface area contributed by atoms with Crippen molar-refractivity contribution in [2.45, 2.75) is 0 Å². The van der Waals surface area contributed by atoms with Gasteiger partial charge in [-0.1, -0.05) is 54.6 Å². The van der Waals surface area contributed by atoms with Crippen molar-refractivity contribution in [1.29, 1.82) is 0 Å². The van der Waals surface area contributed by atoms with Crippen molar-refractivity contribution < 1.29 is 4.79 Å². The number of hydrogen-bond donors (Lipinski definition) is 2. The molecule has 2 aromatic carbocycles. The minimum absolute atomic E-state index is 0.184. The van der Waals surface area contributed by atoms with E-state index in [-0.39, 0.29) is 12.5 Å². The number of carbonyl (C=O) groups excluding carboxylic acids is 1. The Kier molecular flexibility index (Phi) is 5.76. The number of carbonyl (C=O) groups is 1. The van der Waals surface area contributed by atoms with Gasteiger partial charge in [0.2, 0.25) is 0 Å². The van der Waals surface area contributed by atoms with Crippen LogP contribution in [-0.2, 0) is 4.79 Å². The molecular formula is C17H17N3O. The molecule has 0 fully saturated rings. The van der Waals surface area contributed by atoms with Crippen molar-refractivity contribution >= 4 is 23.9 Å². The van der Waals surface area contributed by atoms with E-state index in [1.54, 1.807) is 12.3 Å². The highest BCUT2D eigenvalue weighted by molar-refractivity contribution is 5.83.